The van der Waals surface area contributed by atoms with Gasteiger partial charge in [-0.25, -0.2) is 0 Å². The van der Waals surface area contributed by atoms with Crippen molar-refractivity contribution in [1.82, 2.24) is 0 Å². The minimum atomic E-state index is 0.459. The molecule has 0 aromatic heterocycles. The molecule has 0 amide bonds. The van der Waals surface area contributed by atoms with E-state index in [-0.39, 0.29) is 0 Å². The summed E-state index contributed by atoms with van der Waals surface area (Å²) in [5.41, 5.74) is 0.459. The van der Waals surface area contributed by atoms with Gasteiger partial charge in [-0.05, 0) is 60.8 Å². The summed E-state index contributed by atoms with van der Waals surface area (Å²) in [4.78, 5) is 0. The predicted molar refractivity (Wildman–Crippen MR) is 77.6 cm³/mol. The fraction of sp³-hybridized carbons (Fsp3) is 0.800. The van der Waals surface area contributed by atoms with Crippen molar-refractivity contribution in [1.29, 1.82) is 0 Å². The van der Waals surface area contributed by atoms with Crippen LogP contribution >= 0.6 is 55.4 Å². The third-order valence-electron chi connectivity index (χ3n) is 2.41. The van der Waals surface area contributed by atoms with Crippen molar-refractivity contribution >= 4 is 55.4 Å². The summed E-state index contributed by atoms with van der Waals surface area (Å²) in [6.07, 6.45) is 2.23. The maximum atomic E-state index is 3.42. The van der Waals surface area contributed by atoms with Crippen molar-refractivity contribution in [3.8, 4) is 0 Å². The largest absolute Gasteiger partial charge is 0.143 e. The Hall–Kier alpha value is 1.40. The average molecular weight is 360 g/mol. The highest BCUT2D eigenvalue weighted by molar-refractivity contribution is 9.28. The van der Waals surface area contributed by atoms with Crippen LogP contribution in [0.2, 0.25) is 0 Å². The van der Waals surface area contributed by atoms with E-state index in [9.17, 15) is 0 Å². The molecule has 0 aromatic rings. The lowest BCUT2D eigenvalue weighted by atomic mass is 9.83. The molecule has 1 aliphatic rings. The minimum Gasteiger partial charge on any atom is -0.143 e. The first-order valence-corrected chi connectivity index (χ1v) is 8.34. The van der Waals surface area contributed by atoms with Crippen molar-refractivity contribution in [3.05, 3.63) is 9.47 Å². The Labute approximate surface area is 112 Å². The van der Waals surface area contributed by atoms with Crippen LogP contribution in [-0.4, -0.2) is 16.1 Å². The molecule has 0 radical (unpaired) electrons. The van der Waals surface area contributed by atoms with Crippen molar-refractivity contribution < 1.29 is 0 Å². The Kier molecular flexibility index (Phi) is 5.43. The molecular formula is C10H16Br2S2. The van der Waals surface area contributed by atoms with E-state index < -0.39 is 0 Å². The second-order valence-corrected chi connectivity index (χ2v) is 9.97. The van der Waals surface area contributed by atoms with Crippen LogP contribution in [-0.2, 0) is 0 Å². The maximum Gasteiger partial charge on any atom is 0.0701 e. The first kappa shape index (κ1) is 13.5. The van der Waals surface area contributed by atoms with Gasteiger partial charge in [0.2, 0.25) is 0 Å². The first-order chi connectivity index (χ1) is 6.39. The summed E-state index contributed by atoms with van der Waals surface area (Å²) >= 11 is 10.9. The van der Waals surface area contributed by atoms with Crippen LogP contribution in [0, 0.1) is 11.3 Å². The molecule has 82 valence electrons. The first-order valence-electron chi connectivity index (χ1n) is 4.65. The van der Waals surface area contributed by atoms with Crippen molar-refractivity contribution in [3.63, 3.8) is 0 Å². The van der Waals surface area contributed by atoms with Crippen LogP contribution < -0.4 is 0 Å². The molecule has 0 N–H and O–H groups in total. The van der Waals surface area contributed by atoms with Gasteiger partial charge in [0.15, 0.2) is 0 Å². The highest BCUT2D eigenvalue weighted by Gasteiger charge is 2.29. The molecule has 1 rings (SSSR count). The van der Waals surface area contributed by atoms with Gasteiger partial charge in [0.1, 0.15) is 0 Å². The molecule has 0 bridgehead atoms. The summed E-state index contributed by atoms with van der Waals surface area (Å²) in [7, 11) is 0. The van der Waals surface area contributed by atoms with Crippen LogP contribution in [0.5, 0.6) is 0 Å². The van der Waals surface area contributed by atoms with E-state index in [1.807, 2.05) is 0 Å². The molecule has 14 heavy (non-hydrogen) atoms. The average Bonchev–Trinajstić information content (AvgIpc) is 2.02. The summed E-state index contributed by atoms with van der Waals surface area (Å²) in [6, 6.07) is 0. The molecule has 1 aliphatic heterocycles. The van der Waals surface area contributed by atoms with Gasteiger partial charge in [-0.3, -0.25) is 0 Å². The van der Waals surface area contributed by atoms with Crippen LogP contribution in [0.4, 0.5) is 0 Å². The summed E-state index contributed by atoms with van der Waals surface area (Å²) in [5, 5.41) is 0. The Morgan fingerprint density at radius 3 is 2.07 bits per heavy atom. The van der Waals surface area contributed by atoms with Crippen molar-refractivity contribution in [2.75, 3.05) is 11.5 Å². The molecule has 0 aliphatic carbocycles. The molecule has 1 fully saturated rings. The SMILES string of the molecule is CC(C)(C)[C@H]1CS[C@H](C=C(Br)Br)SC1. The van der Waals surface area contributed by atoms with Gasteiger partial charge in [-0.15, -0.1) is 23.5 Å². The van der Waals surface area contributed by atoms with E-state index in [1.165, 1.54) is 11.5 Å². The van der Waals surface area contributed by atoms with E-state index in [4.69, 9.17) is 0 Å². The number of halogens is 2. The molecule has 1 heterocycles. The second kappa shape index (κ2) is 5.65. The van der Waals surface area contributed by atoms with E-state index >= 15 is 0 Å². The van der Waals surface area contributed by atoms with Gasteiger partial charge >= 0.3 is 0 Å². The van der Waals surface area contributed by atoms with E-state index in [1.54, 1.807) is 0 Å². The number of hydrogen-bond donors (Lipinski definition) is 0. The van der Waals surface area contributed by atoms with Gasteiger partial charge in [0, 0.05) is 0 Å². The highest BCUT2D eigenvalue weighted by atomic mass is 79.9. The molecule has 0 nitrogen and oxygen atoms in total. The summed E-state index contributed by atoms with van der Waals surface area (Å²) in [5.74, 6) is 3.41. The fourth-order valence-corrected chi connectivity index (χ4v) is 6.00. The molecular weight excluding hydrogens is 344 g/mol. The van der Waals surface area contributed by atoms with Crippen LogP contribution in [0.15, 0.2) is 9.47 Å². The van der Waals surface area contributed by atoms with Gasteiger partial charge in [-0.1, -0.05) is 20.8 Å². The van der Waals surface area contributed by atoms with Crippen LogP contribution in [0.3, 0.4) is 0 Å². The van der Waals surface area contributed by atoms with E-state index in [0.29, 0.717) is 10.00 Å². The van der Waals surface area contributed by atoms with E-state index in [0.717, 1.165) is 9.31 Å². The van der Waals surface area contributed by atoms with E-state index in [2.05, 4.69) is 82.2 Å². The molecule has 1 saturated heterocycles. The quantitative estimate of drug-likeness (QED) is 0.639. The minimum absolute atomic E-state index is 0.459. The van der Waals surface area contributed by atoms with Gasteiger partial charge < -0.3 is 0 Å². The molecule has 0 saturated carbocycles. The standard InChI is InChI=1S/C10H16Br2S2/c1-10(2,3)7-5-13-9(14-6-7)4-8(11)12/h4,7,9H,5-6H2,1-3H3/t7-,9-. The fourth-order valence-electron chi connectivity index (χ4n) is 1.22. The van der Waals surface area contributed by atoms with Crippen LogP contribution in [0.1, 0.15) is 20.8 Å². The molecule has 0 unspecified atom stereocenters. The number of thioether (sulfide) groups is 2. The lowest BCUT2D eigenvalue weighted by molar-refractivity contribution is 0.293. The Morgan fingerprint density at radius 1 is 1.21 bits per heavy atom. The molecule has 0 spiro atoms. The number of rotatable bonds is 1. The van der Waals surface area contributed by atoms with Crippen molar-refractivity contribution in [2.24, 2.45) is 11.3 Å². The maximum absolute atomic E-state index is 3.42. The Balaban J connectivity index is 2.43. The lowest BCUT2D eigenvalue weighted by Crippen LogP contribution is -2.29. The van der Waals surface area contributed by atoms with Crippen molar-refractivity contribution in [2.45, 2.75) is 25.4 Å². The smallest absolute Gasteiger partial charge is 0.0701 e. The predicted octanol–water partition coefficient (Wildman–Crippen LogP) is 5.09. The third kappa shape index (κ3) is 4.50. The molecule has 0 atom stereocenters. The zero-order chi connectivity index (χ0) is 10.8. The molecule has 4 heteroatoms. The second-order valence-electron chi connectivity index (χ2n) is 4.55. The molecule has 0 aromatic carbocycles. The number of hydrogen-bond acceptors (Lipinski definition) is 2. The van der Waals surface area contributed by atoms with Gasteiger partial charge in [-0.2, -0.15) is 0 Å². The van der Waals surface area contributed by atoms with Crippen LogP contribution in [0.25, 0.3) is 0 Å². The normalized spacial score (nSPS) is 28.6. The zero-order valence-corrected chi connectivity index (χ0v) is 13.5. The zero-order valence-electron chi connectivity index (χ0n) is 8.72. The Morgan fingerprint density at radius 2 is 1.71 bits per heavy atom. The monoisotopic (exact) mass is 358 g/mol. The summed E-state index contributed by atoms with van der Waals surface area (Å²) in [6.45, 7) is 7.03. The highest BCUT2D eigenvalue weighted by Crippen LogP contribution is 2.42. The third-order valence-corrected chi connectivity index (χ3v) is 5.87. The topological polar surface area (TPSA) is 0 Å². The van der Waals surface area contributed by atoms with Gasteiger partial charge in [0.05, 0.1) is 7.97 Å². The lowest BCUT2D eigenvalue weighted by Gasteiger charge is -2.35. The Bertz CT molecular complexity index is 209. The summed E-state index contributed by atoms with van der Waals surface area (Å²) < 4.78 is 1.69. The van der Waals surface area contributed by atoms with Gasteiger partial charge in [0.25, 0.3) is 0 Å².